The summed E-state index contributed by atoms with van der Waals surface area (Å²) in [6, 6.07) is 2.93. The van der Waals surface area contributed by atoms with E-state index in [0.717, 1.165) is 17.7 Å². The number of halogens is 3. The fraction of sp³-hybridized carbons (Fsp3) is 0.444. The van der Waals surface area contributed by atoms with Crippen LogP contribution in [0.5, 0.6) is 0 Å². The molecule has 0 spiro atoms. The normalized spacial score (nSPS) is 15.5. The van der Waals surface area contributed by atoms with Gasteiger partial charge in [-0.05, 0) is 32.0 Å². The Kier molecular flexibility index (Phi) is 5.83. The van der Waals surface area contributed by atoms with Gasteiger partial charge in [0.2, 0.25) is 15.9 Å². The molecule has 1 saturated heterocycles. The maximum atomic E-state index is 13.3. The fourth-order valence-electron chi connectivity index (χ4n) is 3.42. The van der Waals surface area contributed by atoms with Crippen molar-refractivity contribution in [3.05, 3.63) is 40.8 Å². The molecule has 0 unspecified atom stereocenters. The van der Waals surface area contributed by atoms with E-state index in [9.17, 15) is 26.4 Å². The second-order valence-corrected chi connectivity index (χ2v) is 8.60. The van der Waals surface area contributed by atoms with Gasteiger partial charge in [0.15, 0.2) is 0 Å². The van der Waals surface area contributed by atoms with Crippen molar-refractivity contribution in [2.45, 2.75) is 31.3 Å². The highest BCUT2D eigenvalue weighted by Gasteiger charge is 2.37. The monoisotopic (exact) mass is 446 g/mol. The van der Waals surface area contributed by atoms with Crippen molar-refractivity contribution in [1.82, 2.24) is 10.1 Å². The molecule has 0 saturated carbocycles. The molecule has 2 aromatic rings. The highest BCUT2D eigenvalue weighted by atomic mass is 32.2. The number of nitrogens with zero attached hydrogens (tertiary/aromatic N) is 3. The van der Waals surface area contributed by atoms with Crippen molar-refractivity contribution in [1.29, 1.82) is 0 Å². The summed E-state index contributed by atoms with van der Waals surface area (Å²) in [7, 11) is -4.52. The second kappa shape index (κ2) is 7.91. The van der Waals surface area contributed by atoms with Crippen LogP contribution in [0, 0.1) is 13.8 Å². The summed E-state index contributed by atoms with van der Waals surface area (Å²) in [6.45, 7) is 4.73. The van der Waals surface area contributed by atoms with Gasteiger partial charge in [-0.1, -0.05) is 5.16 Å². The summed E-state index contributed by atoms with van der Waals surface area (Å²) in [5.41, 5.74) is 0.289. The lowest BCUT2D eigenvalue weighted by atomic mass is 10.1. The van der Waals surface area contributed by atoms with Gasteiger partial charge >= 0.3 is 6.18 Å². The first-order valence-electron chi connectivity index (χ1n) is 9.06. The zero-order valence-corrected chi connectivity index (χ0v) is 17.2. The van der Waals surface area contributed by atoms with E-state index >= 15 is 0 Å². The van der Waals surface area contributed by atoms with Gasteiger partial charge in [0.25, 0.3) is 0 Å². The Hall–Kier alpha value is -2.60. The van der Waals surface area contributed by atoms with Gasteiger partial charge in [0.05, 0.1) is 22.6 Å². The SMILES string of the molecule is Cc1noc(C)c1CC(=O)N1CCN(c2ccc(S(N)(=O)=O)c(C(F)(F)F)c2)CC1. The number of amides is 1. The number of hydrogen-bond donors (Lipinski definition) is 1. The van der Waals surface area contributed by atoms with Gasteiger partial charge < -0.3 is 14.3 Å². The molecule has 0 radical (unpaired) electrons. The average Bonchev–Trinajstić information content (AvgIpc) is 2.98. The van der Waals surface area contributed by atoms with E-state index in [-0.39, 0.29) is 18.0 Å². The van der Waals surface area contributed by atoms with Crippen LogP contribution in [-0.2, 0) is 27.4 Å². The Balaban J connectivity index is 1.72. The second-order valence-electron chi connectivity index (χ2n) is 7.07. The number of sulfonamides is 1. The molecule has 1 aliphatic heterocycles. The first kappa shape index (κ1) is 22.1. The van der Waals surface area contributed by atoms with Crippen LogP contribution < -0.4 is 10.0 Å². The zero-order chi connectivity index (χ0) is 22.3. The molecular formula is C18H21F3N4O4S. The molecule has 164 valence electrons. The largest absolute Gasteiger partial charge is 0.417 e. The number of carbonyl (C=O) groups is 1. The van der Waals surface area contributed by atoms with Gasteiger partial charge in [-0.15, -0.1) is 0 Å². The van der Waals surface area contributed by atoms with E-state index in [1.165, 1.54) is 6.07 Å². The number of benzene rings is 1. The Morgan fingerprint density at radius 2 is 1.83 bits per heavy atom. The Morgan fingerprint density at radius 1 is 1.20 bits per heavy atom. The third-order valence-corrected chi connectivity index (χ3v) is 6.05. The average molecular weight is 446 g/mol. The van der Waals surface area contributed by atoms with Crippen molar-refractivity contribution < 1.29 is 30.9 Å². The number of piperazine rings is 1. The topological polar surface area (TPSA) is 110 Å². The van der Waals surface area contributed by atoms with E-state index in [0.29, 0.717) is 37.6 Å². The van der Waals surface area contributed by atoms with Crippen LogP contribution in [0.4, 0.5) is 18.9 Å². The maximum absolute atomic E-state index is 13.3. The number of nitrogens with two attached hydrogens (primary N) is 1. The van der Waals surface area contributed by atoms with Crippen LogP contribution in [-0.4, -0.2) is 50.6 Å². The van der Waals surface area contributed by atoms with Crippen LogP contribution >= 0.6 is 0 Å². The van der Waals surface area contributed by atoms with Crippen LogP contribution in [0.15, 0.2) is 27.6 Å². The van der Waals surface area contributed by atoms with Crippen molar-refractivity contribution >= 4 is 21.6 Å². The van der Waals surface area contributed by atoms with E-state index in [1.807, 2.05) is 0 Å². The number of hydrogen-bond acceptors (Lipinski definition) is 6. The van der Waals surface area contributed by atoms with Crippen molar-refractivity contribution in [3.63, 3.8) is 0 Å². The molecule has 8 nitrogen and oxygen atoms in total. The van der Waals surface area contributed by atoms with Crippen LogP contribution in [0.2, 0.25) is 0 Å². The number of carbonyl (C=O) groups excluding carboxylic acids is 1. The molecule has 3 rings (SSSR count). The van der Waals surface area contributed by atoms with Gasteiger partial charge in [-0.2, -0.15) is 13.2 Å². The quantitative estimate of drug-likeness (QED) is 0.768. The third-order valence-electron chi connectivity index (χ3n) is 5.08. The molecule has 12 heteroatoms. The molecule has 1 aliphatic rings. The highest BCUT2D eigenvalue weighted by molar-refractivity contribution is 7.89. The lowest BCUT2D eigenvalue weighted by molar-refractivity contribution is -0.139. The summed E-state index contributed by atoms with van der Waals surface area (Å²) in [6.07, 6.45) is -4.73. The smallest absolute Gasteiger partial charge is 0.368 e. The van der Waals surface area contributed by atoms with Crippen molar-refractivity contribution in [3.8, 4) is 0 Å². The first-order valence-corrected chi connectivity index (χ1v) is 10.6. The third kappa shape index (κ3) is 4.59. The number of anilines is 1. The molecule has 0 bridgehead atoms. The minimum Gasteiger partial charge on any atom is -0.368 e. The number of rotatable bonds is 4. The van der Waals surface area contributed by atoms with Crippen molar-refractivity contribution in [2.75, 3.05) is 31.1 Å². The Bertz CT molecular complexity index is 1040. The van der Waals surface area contributed by atoms with Gasteiger partial charge in [0.1, 0.15) is 5.76 Å². The Morgan fingerprint density at radius 3 is 2.33 bits per heavy atom. The fourth-order valence-corrected chi connectivity index (χ4v) is 4.15. The summed E-state index contributed by atoms with van der Waals surface area (Å²) in [4.78, 5) is 14.9. The van der Waals surface area contributed by atoms with E-state index < -0.39 is 26.7 Å². The summed E-state index contributed by atoms with van der Waals surface area (Å²) < 4.78 is 68.0. The lowest BCUT2D eigenvalue weighted by Gasteiger charge is -2.36. The minimum atomic E-state index is -4.87. The van der Waals surface area contributed by atoms with Crippen LogP contribution in [0.3, 0.4) is 0 Å². The molecule has 0 atom stereocenters. The number of alkyl halides is 3. The predicted molar refractivity (Wildman–Crippen MR) is 101 cm³/mol. The zero-order valence-electron chi connectivity index (χ0n) is 16.4. The first-order chi connectivity index (χ1) is 13.9. The van der Waals surface area contributed by atoms with Crippen LogP contribution in [0.25, 0.3) is 0 Å². The molecule has 1 fully saturated rings. The minimum absolute atomic E-state index is 0.121. The molecule has 30 heavy (non-hydrogen) atoms. The summed E-state index contributed by atoms with van der Waals surface area (Å²) in [5.74, 6) is 0.457. The van der Waals surface area contributed by atoms with E-state index in [2.05, 4.69) is 5.16 Å². The predicted octanol–water partition coefficient (Wildman–Crippen LogP) is 1.85. The van der Waals surface area contributed by atoms with E-state index in [1.54, 1.807) is 23.6 Å². The molecular weight excluding hydrogens is 425 g/mol. The molecule has 1 amide bonds. The summed E-state index contributed by atoms with van der Waals surface area (Å²) >= 11 is 0. The molecule has 1 aromatic heterocycles. The molecule has 2 N–H and O–H groups in total. The molecule has 1 aromatic carbocycles. The molecule has 0 aliphatic carbocycles. The number of primary sulfonamides is 1. The maximum Gasteiger partial charge on any atom is 0.417 e. The Labute approximate surface area is 171 Å². The van der Waals surface area contributed by atoms with Crippen molar-refractivity contribution in [2.24, 2.45) is 5.14 Å². The number of aryl methyl sites for hydroxylation is 2. The van der Waals surface area contributed by atoms with Gasteiger partial charge in [-0.25, -0.2) is 13.6 Å². The summed E-state index contributed by atoms with van der Waals surface area (Å²) in [5, 5.41) is 8.74. The standard InChI is InChI=1S/C18H21F3N4O4S/c1-11-14(12(2)29-23-11)10-17(26)25-7-5-24(6-8-25)13-3-4-16(30(22,27)28)15(9-13)18(19,20)21/h3-4,9H,5-8,10H2,1-2H3,(H2,22,27,28). The van der Waals surface area contributed by atoms with Gasteiger partial charge in [0, 0.05) is 37.4 Å². The number of aromatic nitrogens is 1. The highest BCUT2D eigenvalue weighted by Crippen LogP contribution is 2.36. The molecule has 2 heterocycles. The lowest BCUT2D eigenvalue weighted by Crippen LogP contribution is -2.49. The van der Waals surface area contributed by atoms with Crippen LogP contribution in [0.1, 0.15) is 22.6 Å². The van der Waals surface area contributed by atoms with E-state index in [4.69, 9.17) is 9.66 Å². The van der Waals surface area contributed by atoms with Gasteiger partial charge in [-0.3, -0.25) is 4.79 Å².